The smallest absolute Gasteiger partial charge is 0.0576 e. The lowest BCUT2D eigenvalue weighted by atomic mass is 9.71. The van der Waals surface area contributed by atoms with Crippen molar-refractivity contribution >= 4 is 0 Å². The molecule has 0 aliphatic carbocycles. The Balaban J connectivity index is 1.74. The maximum Gasteiger partial charge on any atom is 0.0576 e. The van der Waals surface area contributed by atoms with Crippen molar-refractivity contribution < 1.29 is 4.74 Å². The fourth-order valence-electron chi connectivity index (χ4n) is 3.11. The molecule has 1 N–H and O–H groups in total. The van der Waals surface area contributed by atoms with Gasteiger partial charge in [-0.05, 0) is 43.4 Å². The van der Waals surface area contributed by atoms with E-state index < -0.39 is 0 Å². The number of hydrogen-bond acceptors (Lipinski definition) is 2. The molecule has 1 atom stereocenters. The molecule has 0 aromatic heterocycles. The molecule has 2 heteroatoms. The molecule has 0 bridgehead atoms. The molecule has 0 aromatic carbocycles. The van der Waals surface area contributed by atoms with Crippen LogP contribution in [-0.4, -0.2) is 25.8 Å². The van der Waals surface area contributed by atoms with Gasteiger partial charge in [0.05, 0.1) is 6.10 Å². The molecule has 2 saturated heterocycles. The van der Waals surface area contributed by atoms with Gasteiger partial charge in [-0.25, -0.2) is 0 Å². The summed E-state index contributed by atoms with van der Waals surface area (Å²) in [6.45, 7) is 8.15. The normalized spacial score (nSPS) is 29.4. The molecule has 2 rings (SSSR count). The highest BCUT2D eigenvalue weighted by Crippen LogP contribution is 2.37. The van der Waals surface area contributed by atoms with Crippen molar-refractivity contribution in [2.24, 2.45) is 11.3 Å². The predicted molar refractivity (Wildman–Crippen MR) is 63.0 cm³/mol. The van der Waals surface area contributed by atoms with Crippen molar-refractivity contribution in [3.63, 3.8) is 0 Å². The topological polar surface area (TPSA) is 21.3 Å². The number of ether oxygens (including phenoxy) is 1. The predicted octanol–water partition coefficient (Wildman–Crippen LogP) is 2.58. The minimum absolute atomic E-state index is 0.578. The Kier molecular flexibility index (Phi) is 3.68. The minimum atomic E-state index is 0.578. The lowest BCUT2D eigenvalue weighted by Crippen LogP contribution is -2.54. The third-order valence-corrected chi connectivity index (χ3v) is 3.86. The summed E-state index contributed by atoms with van der Waals surface area (Å²) in [4.78, 5) is 0. The molecule has 0 amide bonds. The summed E-state index contributed by atoms with van der Waals surface area (Å²) in [6.07, 6.45) is 7.18. The average molecular weight is 211 g/mol. The Morgan fingerprint density at radius 3 is 2.67 bits per heavy atom. The number of hydrogen-bond donors (Lipinski definition) is 1. The van der Waals surface area contributed by atoms with E-state index in [-0.39, 0.29) is 0 Å². The molecule has 2 nitrogen and oxygen atoms in total. The van der Waals surface area contributed by atoms with Gasteiger partial charge in [0.25, 0.3) is 0 Å². The van der Waals surface area contributed by atoms with Crippen LogP contribution >= 0.6 is 0 Å². The second-order valence-electron chi connectivity index (χ2n) is 5.88. The second kappa shape index (κ2) is 4.84. The number of rotatable bonds is 5. The zero-order valence-corrected chi connectivity index (χ0v) is 10.2. The highest BCUT2D eigenvalue weighted by molar-refractivity contribution is 4.93. The zero-order valence-electron chi connectivity index (χ0n) is 10.2. The standard InChI is InChI=1S/C13H25NO/c1-11(2)8-13(9-14-10-13)6-5-12-4-3-7-15-12/h11-12,14H,3-10H2,1-2H3. The van der Waals surface area contributed by atoms with E-state index in [2.05, 4.69) is 19.2 Å². The first-order valence-corrected chi connectivity index (χ1v) is 6.53. The van der Waals surface area contributed by atoms with Crippen LogP contribution in [0.3, 0.4) is 0 Å². The molecule has 2 heterocycles. The van der Waals surface area contributed by atoms with Gasteiger partial charge in [0.2, 0.25) is 0 Å². The van der Waals surface area contributed by atoms with Gasteiger partial charge in [0.15, 0.2) is 0 Å². The van der Waals surface area contributed by atoms with Gasteiger partial charge in [0, 0.05) is 19.7 Å². The van der Waals surface area contributed by atoms with Gasteiger partial charge in [0.1, 0.15) is 0 Å². The molecule has 0 radical (unpaired) electrons. The summed E-state index contributed by atoms with van der Waals surface area (Å²) in [7, 11) is 0. The highest BCUT2D eigenvalue weighted by Gasteiger charge is 2.37. The van der Waals surface area contributed by atoms with Gasteiger partial charge in [-0.3, -0.25) is 0 Å². The molecule has 1 unspecified atom stereocenters. The van der Waals surface area contributed by atoms with E-state index in [4.69, 9.17) is 4.74 Å². The molecule has 2 aliphatic rings. The molecule has 15 heavy (non-hydrogen) atoms. The molecule has 2 fully saturated rings. The van der Waals surface area contributed by atoms with Crippen molar-refractivity contribution in [3.8, 4) is 0 Å². The fourth-order valence-corrected chi connectivity index (χ4v) is 3.11. The maximum absolute atomic E-state index is 5.70. The van der Waals surface area contributed by atoms with Crippen molar-refractivity contribution in [2.75, 3.05) is 19.7 Å². The highest BCUT2D eigenvalue weighted by atomic mass is 16.5. The zero-order chi connectivity index (χ0) is 10.7. The third kappa shape index (κ3) is 2.94. The first kappa shape index (κ1) is 11.4. The van der Waals surface area contributed by atoms with Crippen molar-refractivity contribution in [2.45, 2.75) is 52.1 Å². The summed E-state index contributed by atoms with van der Waals surface area (Å²) >= 11 is 0. The van der Waals surface area contributed by atoms with Crippen LogP contribution < -0.4 is 5.32 Å². The summed E-state index contributed by atoms with van der Waals surface area (Å²) < 4.78 is 5.70. The van der Waals surface area contributed by atoms with E-state index in [0.717, 1.165) is 12.5 Å². The van der Waals surface area contributed by atoms with Gasteiger partial charge in [-0.1, -0.05) is 13.8 Å². The quantitative estimate of drug-likeness (QED) is 0.754. The number of nitrogens with one attached hydrogen (secondary N) is 1. The van der Waals surface area contributed by atoms with Crippen LogP contribution in [0.25, 0.3) is 0 Å². The molecular formula is C13H25NO. The van der Waals surface area contributed by atoms with Crippen molar-refractivity contribution in [3.05, 3.63) is 0 Å². The lowest BCUT2D eigenvalue weighted by molar-refractivity contribution is 0.0608. The Labute approximate surface area is 93.8 Å². The van der Waals surface area contributed by atoms with Crippen LogP contribution in [0.1, 0.15) is 46.0 Å². The summed E-state index contributed by atoms with van der Waals surface area (Å²) in [5.74, 6) is 0.830. The Morgan fingerprint density at radius 1 is 1.40 bits per heavy atom. The van der Waals surface area contributed by atoms with Crippen LogP contribution in [0, 0.1) is 11.3 Å². The fraction of sp³-hybridized carbons (Fsp3) is 1.00. The Bertz CT molecular complexity index is 193. The largest absolute Gasteiger partial charge is 0.378 e. The van der Waals surface area contributed by atoms with Crippen molar-refractivity contribution in [1.29, 1.82) is 0 Å². The van der Waals surface area contributed by atoms with E-state index >= 15 is 0 Å². The maximum atomic E-state index is 5.70. The molecular weight excluding hydrogens is 186 g/mol. The van der Waals surface area contributed by atoms with Gasteiger partial charge in [-0.15, -0.1) is 0 Å². The van der Waals surface area contributed by atoms with E-state index in [0.29, 0.717) is 11.5 Å². The van der Waals surface area contributed by atoms with Crippen LogP contribution in [0.5, 0.6) is 0 Å². The average Bonchev–Trinajstić information content (AvgIpc) is 2.61. The molecule has 0 saturated carbocycles. The summed E-state index contributed by atoms with van der Waals surface area (Å²) in [6, 6.07) is 0. The Morgan fingerprint density at radius 2 is 2.20 bits per heavy atom. The second-order valence-corrected chi connectivity index (χ2v) is 5.88. The summed E-state index contributed by atoms with van der Waals surface area (Å²) in [5, 5.41) is 3.44. The third-order valence-electron chi connectivity index (χ3n) is 3.86. The van der Waals surface area contributed by atoms with Crippen molar-refractivity contribution in [1.82, 2.24) is 5.32 Å². The molecule has 88 valence electrons. The molecule has 2 aliphatic heterocycles. The summed E-state index contributed by atoms with van der Waals surface area (Å²) in [5.41, 5.74) is 0.611. The van der Waals surface area contributed by atoms with Gasteiger partial charge >= 0.3 is 0 Å². The van der Waals surface area contributed by atoms with E-state index in [9.17, 15) is 0 Å². The molecule has 0 aromatic rings. The SMILES string of the molecule is CC(C)CC1(CCC2CCCO2)CNC1. The van der Waals surface area contributed by atoms with E-state index in [1.54, 1.807) is 0 Å². The van der Waals surface area contributed by atoms with Crippen LogP contribution in [0.4, 0.5) is 0 Å². The van der Waals surface area contributed by atoms with Gasteiger partial charge < -0.3 is 10.1 Å². The monoisotopic (exact) mass is 211 g/mol. The first-order chi connectivity index (χ1) is 7.20. The lowest BCUT2D eigenvalue weighted by Gasteiger charge is -2.44. The van der Waals surface area contributed by atoms with Crippen LogP contribution in [-0.2, 0) is 4.74 Å². The first-order valence-electron chi connectivity index (χ1n) is 6.53. The van der Waals surface area contributed by atoms with Gasteiger partial charge in [-0.2, -0.15) is 0 Å². The van der Waals surface area contributed by atoms with E-state index in [1.807, 2.05) is 0 Å². The van der Waals surface area contributed by atoms with Crippen LogP contribution in [0.2, 0.25) is 0 Å². The minimum Gasteiger partial charge on any atom is -0.378 e. The Hall–Kier alpha value is -0.0800. The van der Waals surface area contributed by atoms with Crippen LogP contribution in [0.15, 0.2) is 0 Å². The molecule has 0 spiro atoms. The van der Waals surface area contributed by atoms with E-state index in [1.165, 1.54) is 45.2 Å².